The van der Waals surface area contributed by atoms with E-state index in [9.17, 15) is 9.59 Å². The van der Waals surface area contributed by atoms with Crippen molar-refractivity contribution in [3.63, 3.8) is 0 Å². The molecular formula is C20H28N2O6. The Hall–Kier alpha value is -2.48. The highest BCUT2D eigenvalue weighted by atomic mass is 16.7. The van der Waals surface area contributed by atoms with Crippen LogP contribution >= 0.6 is 0 Å². The molecule has 0 saturated carbocycles. The summed E-state index contributed by atoms with van der Waals surface area (Å²) in [5.74, 6) is 1.14. The minimum atomic E-state index is -0.705. The number of hydrogen-bond acceptors (Lipinski definition) is 6. The van der Waals surface area contributed by atoms with Crippen LogP contribution < -0.4 is 14.8 Å². The lowest BCUT2D eigenvalue weighted by molar-refractivity contribution is -0.132. The van der Waals surface area contributed by atoms with Gasteiger partial charge in [0.15, 0.2) is 11.5 Å². The minimum Gasteiger partial charge on any atom is -0.454 e. The van der Waals surface area contributed by atoms with Crippen LogP contribution in [0.25, 0.3) is 0 Å². The zero-order valence-electron chi connectivity index (χ0n) is 16.9. The number of hydrogen-bond donors (Lipinski definition) is 1. The van der Waals surface area contributed by atoms with Crippen molar-refractivity contribution in [2.75, 3.05) is 38.9 Å². The van der Waals surface area contributed by atoms with E-state index >= 15 is 0 Å². The van der Waals surface area contributed by atoms with Crippen LogP contribution in [0.3, 0.4) is 0 Å². The molecule has 2 aliphatic heterocycles. The van der Waals surface area contributed by atoms with E-state index in [-0.39, 0.29) is 25.4 Å². The van der Waals surface area contributed by atoms with Crippen molar-refractivity contribution in [1.82, 2.24) is 4.90 Å². The molecule has 1 aromatic carbocycles. The predicted molar refractivity (Wildman–Crippen MR) is 103 cm³/mol. The van der Waals surface area contributed by atoms with E-state index in [0.717, 1.165) is 0 Å². The van der Waals surface area contributed by atoms with Crippen molar-refractivity contribution in [3.8, 4) is 11.5 Å². The highest BCUT2D eigenvalue weighted by Crippen LogP contribution is 2.37. The van der Waals surface area contributed by atoms with E-state index in [1.165, 1.54) is 0 Å². The van der Waals surface area contributed by atoms with Gasteiger partial charge in [0, 0.05) is 32.0 Å². The first-order chi connectivity index (χ1) is 13.2. The summed E-state index contributed by atoms with van der Waals surface area (Å²) < 4.78 is 21.4. The van der Waals surface area contributed by atoms with Crippen LogP contribution in [-0.2, 0) is 14.3 Å². The number of fused-ring (bicyclic) bond motifs is 1. The molecule has 1 aromatic rings. The first-order valence-corrected chi connectivity index (χ1v) is 9.40. The number of piperidine rings is 1. The summed E-state index contributed by atoms with van der Waals surface area (Å²) in [6.45, 7) is 6.85. The minimum absolute atomic E-state index is 0.128. The van der Waals surface area contributed by atoms with Crippen molar-refractivity contribution in [1.29, 1.82) is 0 Å². The fourth-order valence-electron chi connectivity index (χ4n) is 3.40. The fourth-order valence-corrected chi connectivity index (χ4v) is 3.40. The molecule has 154 valence electrons. The number of rotatable bonds is 4. The molecule has 0 aromatic heterocycles. The first-order valence-electron chi connectivity index (χ1n) is 9.40. The van der Waals surface area contributed by atoms with Gasteiger partial charge in [-0.1, -0.05) is 0 Å². The first kappa shape index (κ1) is 20.3. The third kappa shape index (κ3) is 4.49. The Morgan fingerprint density at radius 3 is 2.50 bits per heavy atom. The van der Waals surface area contributed by atoms with Crippen LogP contribution in [0.2, 0.25) is 0 Å². The number of carbonyl (C=O) groups is 2. The standard InChI is InChI=1S/C20H28N2O6/c1-19(2,3)28-18(24)22-9-7-20(8-10-22,12-25-4)17(23)21-14-5-6-15-16(11-14)27-13-26-15/h5-6,11H,7-10,12-13H2,1-4H3,(H,21,23). The lowest BCUT2D eigenvalue weighted by Crippen LogP contribution is -2.51. The lowest BCUT2D eigenvalue weighted by Gasteiger charge is -2.40. The number of anilines is 1. The van der Waals surface area contributed by atoms with Gasteiger partial charge in [-0.05, 0) is 45.7 Å². The number of benzene rings is 1. The summed E-state index contributed by atoms with van der Waals surface area (Å²) >= 11 is 0. The van der Waals surface area contributed by atoms with E-state index < -0.39 is 11.0 Å². The molecule has 1 fully saturated rings. The number of ether oxygens (including phenoxy) is 4. The second kappa shape index (κ2) is 7.87. The van der Waals surface area contributed by atoms with E-state index in [1.54, 1.807) is 30.2 Å². The Bertz CT molecular complexity index is 735. The monoisotopic (exact) mass is 392 g/mol. The Morgan fingerprint density at radius 2 is 1.86 bits per heavy atom. The van der Waals surface area contributed by atoms with E-state index in [0.29, 0.717) is 43.1 Å². The molecule has 8 nitrogen and oxygen atoms in total. The molecule has 28 heavy (non-hydrogen) atoms. The Balaban J connectivity index is 1.66. The molecule has 0 spiro atoms. The van der Waals surface area contributed by atoms with Gasteiger partial charge >= 0.3 is 6.09 Å². The van der Waals surface area contributed by atoms with Gasteiger partial charge in [-0.3, -0.25) is 4.79 Å². The zero-order chi connectivity index (χ0) is 20.4. The highest BCUT2D eigenvalue weighted by Gasteiger charge is 2.43. The van der Waals surface area contributed by atoms with Gasteiger partial charge in [0.2, 0.25) is 12.7 Å². The summed E-state index contributed by atoms with van der Waals surface area (Å²) in [6.07, 6.45) is 0.641. The molecule has 1 saturated heterocycles. The van der Waals surface area contributed by atoms with Gasteiger partial charge in [-0.25, -0.2) is 4.79 Å². The number of amides is 2. The van der Waals surface area contributed by atoms with Crippen molar-refractivity contribution in [2.24, 2.45) is 5.41 Å². The van der Waals surface area contributed by atoms with Gasteiger partial charge in [-0.15, -0.1) is 0 Å². The van der Waals surface area contributed by atoms with Crippen LogP contribution in [0.5, 0.6) is 11.5 Å². The smallest absolute Gasteiger partial charge is 0.410 e. The van der Waals surface area contributed by atoms with Gasteiger partial charge in [0.05, 0.1) is 12.0 Å². The van der Waals surface area contributed by atoms with E-state index in [4.69, 9.17) is 18.9 Å². The Morgan fingerprint density at radius 1 is 1.18 bits per heavy atom. The normalized spacial score (nSPS) is 17.9. The predicted octanol–water partition coefficient (Wildman–Crippen LogP) is 3.02. The van der Waals surface area contributed by atoms with Crippen molar-refractivity contribution in [3.05, 3.63) is 18.2 Å². The van der Waals surface area contributed by atoms with Gasteiger partial charge < -0.3 is 29.2 Å². The van der Waals surface area contributed by atoms with Crippen LogP contribution in [0.1, 0.15) is 33.6 Å². The highest BCUT2D eigenvalue weighted by molar-refractivity contribution is 5.96. The zero-order valence-corrected chi connectivity index (χ0v) is 16.9. The fraction of sp³-hybridized carbons (Fsp3) is 0.600. The lowest BCUT2D eigenvalue weighted by atomic mass is 9.78. The average molecular weight is 392 g/mol. The molecule has 3 rings (SSSR count). The maximum atomic E-state index is 13.1. The van der Waals surface area contributed by atoms with Crippen LogP contribution in [0.15, 0.2) is 18.2 Å². The third-order valence-electron chi connectivity index (χ3n) is 4.90. The number of carbonyl (C=O) groups excluding carboxylic acids is 2. The van der Waals surface area contributed by atoms with Gasteiger partial charge in [0.1, 0.15) is 5.60 Å². The van der Waals surface area contributed by atoms with Crippen molar-refractivity contribution >= 4 is 17.7 Å². The largest absolute Gasteiger partial charge is 0.454 e. The molecule has 1 N–H and O–H groups in total. The summed E-state index contributed by atoms with van der Waals surface area (Å²) in [5.41, 5.74) is -0.613. The second-order valence-electron chi connectivity index (χ2n) is 8.20. The number of methoxy groups -OCH3 is 1. The SMILES string of the molecule is COCC1(C(=O)Nc2ccc3c(c2)OCO3)CCN(C(=O)OC(C)(C)C)CC1. The average Bonchev–Trinajstić information content (AvgIpc) is 3.08. The second-order valence-corrected chi connectivity index (χ2v) is 8.20. The number of likely N-dealkylation sites (tertiary alicyclic amines) is 1. The molecule has 2 aliphatic rings. The molecule has 0 aliphatic carbocycles. The summed E-state index contributed by atoms with van der Waals surface area (Å²) in [6, 6.07) is 5.30. The quantitative estimate of drug-likeness (QED) is 0.848. The van der Waals surface area contributed by atoms with Gasteiger partial charge in [-0.2, -0.15) is 0 Å². The van der Waals surface area contributed by atoms with Crippen LogP contribution in [0.4, 0.5) is 10.5 Å². The molecule has 0 atom stereocenters. The molecule has 0 radical (unpaired) electrons. The summed E-state index contributed by atoms with van der Waals surface area (Å²) in [4.78, 5) is 27.0. The third-order valence-corrected chi connectivity index (χ3v) is 4.90. The van der Waals surface area contributed by atoms with E-state index in [2.05, 4.69) is 5.32 Å². The van der Waals surface area contributed by atoms with Gasteiger partial charge in [0.25, 0.3) is 0 Å². The maximum Gasteiger partial charge on any atom is 0.410 e. The molecule has 8 heteroatoms. The van der Waals surface area contributed by atoms with Crippen molar-refractivity contribution in [2.45, 2.75) is 39.2 Å². The van der Waals surface area contributed by atoms with Crippen LogP contribution in [0, 0.1) is 5.41 Å². The topological polar surface area (TPSA) is 86.3 Å². The van der Waals surface area contributed by atoms with Crippen molar-refractivity contribution < 1.29 is 28.5 Å². The maximum absolute atomic E-state index is 13.1. The number of nitrogens with zero attached hydrogens (tertiary/aromatic N) is 1. The number of nitrogens with one attached hydrogen (secondary N) is 1. The Kier molecular flexibility index (Phi) is 5.69. The molecule has 2 heterocycles. The van der Waals surface area contributed by atoms with Crippen LogP contribution in [-0.4, -0.2) is 56.1 Å². The molecule has 0 unspecified atom stereocenters. The van der Waals surface area contributed by atoms with E-state index in [1.807, 2.05) is 20.8 Å². The molecule has 0 bridgehead atoms. The summed E-state index contributed by atoms with van der Waals surface area (Å²) in [5, 5.41) is 2.96. The Labute approximate surface area is 165 Å². The summed E-state index contributed by atoms with van der Waals surface area (Å²) in [7, 11) is 1.58. The molecular weight excluding hydrogens is 364 g/mol. The molecule has 2 amide bonds.